The summed E-state index contributed by atoms with van der Waals surface area (Å²) < 4.78 is 5.09. The van der Waals surface area contributed by atoms with E-state index in [-0.39, 0.29) is 0 Å². The van der Waals surface area contributed by atoms with Gasteiger partial charge in [-0.3, -0.25) is 0 Å². The first-order valence-corrected chi connectivity index (χ1v) is 12.7. The number of benzene rings is 1. The lowest BCUT2D eigenvalue weighted by Gasteiger charge is -2.07. The zero-order valence-electron chi connectivity index (χ0n) is 13.0. The van der Waals surface area contributed by atoms with Crippen molar-refractivity contribution in [3.05, 3.63) is 35.4 Å². The monoisotopic (exact) mass is 394 g/mol. The molecule has 0 atom stereocenters. The van der Waals surface area contributed by atoms with E-state index in [1.807, 2.05) is 24.3 Å². The second-order valence-corrected chi connectivity index (χ2v) is 14.6. The number of unbranched alkanes of at least 4 members (excludes halogenated alkanes) is 3. The number of hydrogen-bond acceptors (Lipinski definition) is 2. The molecule has 1 aromatic rings. The fraction of sp³-hybridized carbons (Fsp3) is 0.438. The zero-order chi connectivity index (χ0) is 17.3. The molecule has 0 unspecified atom stereocenters. The van der Waals surface area contributed by atoms with Crippen molar-refractivity contribution in [2.45, 2.75) is 38.1 Å². The second-order valence-electron chi connectivity index (χ2n) is 5.28. The van der Waals surface area contributed by atoms with Crippen molar-refractivity contribution in [1.82, 2.24) is 0 Å². The van der Waals surface area contributed by atoms with E-state index in [2.05, 4.69) is 0 Å². The Labute approximate surface area is 152 Å². The molecule has 0 aliphatic rings. The SMILES string of the molecule is COc1ccc(/C=C(\CCCCCC[Si](Cl)(Cl)Cl)C(=O)O)cc1. The number of hydrogen-bond donors (Lipinski definition) is 1. The second kappa shape index (κ2) is 10.2. The molecule has 0 heterocycles. The van der Waals surface area contributed by atoms with E-state index in [1.54, 1.807) is 13.2 Å². The fourth-order valence-electron chi connectivity index (χ4n) is 2.14. The van der Waals surface area contributed by atoms with Gasteiger partial charge in [-0.2, -0.15) is 0 Å². The molecule has 1 aromatic carbocycles. The summed E-state index contributed by atoms with van der Waals surface area (Å²) in [6, 6.07) is 5.45. The zero-order valence-corrected chi connectivity index (χ0v) is 16.3. The Hall–Kier alpha value is -0.683. The predicted molar refractivity (Wildman–Crippen MR) is 99.8 cm³/mol. The molecule has 0 aliphatic heterocycles. The van der Waals surface area contributed by atoms with Crippen LogP contribution in [0.4, 0.5) is 0 Å². The standard InChI is InChI=1S/C16H21Cl3O3Si/c1-22-15-9-7-13(8-10-15)12-14(16(20)21)6-4-2-3-5-11-23(17,18)19/h7-10,12H,2-6,11H2,1H3,(H,20,21)/b14-12+. The maximum absolute atomic E-state index is 11.3. The van der Waals surface area contributed by atoms with Crippen LogP contribution in [0, 0.1) is 0 Å². The molecule has 0 spiro atoms. The summed E-state index contributed by atoms with van der Waals surface area (Å²) in [4.78, 5) is 11.3. The quantitative estimate of drug-likeness (QED) is 0.237. The first-order valence-electron chi connectivity index (χ1n) is 7.46. The smallest absolute Gasteiger partial charge is 0.341 e. The molecule has 128 valence electrons. The van der Waals surface area contributed by atoms with Gasteiger partial charge in [-0.05, 0) is 42.7 Å². The highest BCUT2D eigenvalue weighted by Crippen LogP contribution is 2.27. The van der Waals surface area contributed by atoms with Gasteiger partial charge >= 0.3 is 12.0 Å². The average Bonchev–Trinajstić information content (AvgIpc) is 2.48. The van der Waals surface area contributed by atoms with Crippen LogP contribution in [0.25, 0.3) is 6.08 Å². The molecule has 0 aliphatic carbocycles. The Morgan fingerprint density at radius 1 is 1.13 bits per heavy atom. The molecule has 23 heavy (non-hydrogen) atoms. The van der Waals surface area contributed by atoms with Gasteiger partial charge in [-0.1, -0.05) is 31.4 Å². The van der Waals surface area contributed by atoms with Crippen LogP contribution in [0.3, 0.4) is 0 Å². The molecule has 7 heteroatoms. The highest BCUT2D eigenvalue weighted by atomic mass is 35.8. The minimum Gasteiger partial charge on any atom is -0.497 e. The number of carbonyl (C=O) groups is 1. The summed E-state index contributed by atoms with van der Waals surface area (Å²) in [6.45, 7) is 0. The molecule has 1 rings (SSSR count). The first kappa shape index (κ1) is 20.4. The number of ether oxygens (including phenoxy) is 1. The normalized spacial score (nSPS) is 12.3. The summed E-state index contributed by atoms with van der Waals surface area (Å²) >= 11 is 17.5. The highest BCUT2D eigenvalue weighted by Gasteiger charge is 2.23. The lowest BCUT2D eigenvalue weighted by atomic mass is 10.0. The van der Waals surface area contributed by atoms with E-state index in [1.165, 1.54) is 0 Å². The molecule has 3 nitrogen and oxygen atoms in total. The Bertz CT molecular complexity index is 524. The third kappa shape index (κ3) is 9.25. The summed E-state index contributed by atoms with van der Waals surface area (Å²) in [6.07, 6.45) is 5.82. The van der Waals surface area contributed by atoms with Crippen LogP contribution < -0.4 is 4.74 Å². The molecule has 0 saturated heterocycles. The molecular formula is C16H21Cl3O3Si. The lowest BCUT2D eigenvalue weighted by molar-refractivity contribution is -0.132. The van der Waals surface area contributed by atoms with Gasteiger partial charge in [-0.15, -0.1) is 33.2 Å². The molecule has 0 radical (unpaired) electrons. The maximum atomic E-state index is 11.3. The van der Waals surface area contributed by atoms with Gasteiger partial charge in [0.15, 0.2) is 0 Å². The summed E-state index contributed by atoms with van der Waals surface area (Å²) in [5.74, 6) is -0.133. The van der Waals surface area contributed by atoms with Crippen molar-refractivity contribution in [1.29, 1.82) is 0 Å². The van der Waals surface area contributed by atoms with Gasteiger partial charge in [0.25, 0.3) is 0 Å². The van der Waals surface area contributed by atoms with E-state index in [4.69, 9.17) is 38.0 Å². The Kier molecular flexibility index (Phi) is 9.06. The maximum Gasteiger partial charge on any atom is 0.341 e. The van der Waals surface area contributed by atoms with Gasteiger partial charge in [0.2, 0.25) is 0 Å². The van der Waals surface area contributed by atoms with Gasteiger partial charge in [-0.25, -0.2) is 4.79 Å². The van der Waals surface area contributed by atoms with E-state index in [9.17, 15) is 9.90 Å². The molecule has 0 bridgehead atoms. The van der Waals surface area contributed by atoms with E-state index < -0.39 is 12.0 Å². The van der Waals surface area contributed by atoms with Crippen molar-refractivity contribution < 1.29 is 14.6 Å². The Morgan fingerprint density at radius 3 is 2.26 bits per heavy atom. The third-order valence-electron chi connectivity index (χ3n) is 3.39. The molecular weight excluding hydrogens is 375 g/mol. The van der Waals surface area contributed by atoms with Crippen LogP contribution in [-0.4, -0.2) is 24.2 Å². The molecule has 0 fully saturated rings. The van der Waals surface area contributed by atoms with E-state index in [0.717, 1.165) is 37.0 Å². The Morgan fingerprint density at radius 2 is 1.74 bits per heavy atom. The lowest BCUT2D eigenvalue weighted by Crippen LogP contribution is -2.07. The van der Waals surface area contributed by atoms with Crippen LogP contribution in [0.5, 0.6) is 5.75 Å². The number of rotatable bonds is 10. The number of methoxy groups -OCH3 is 1. The van der Waals surface area contributed by atoms with Crippen LogP contribution >= 0.6 is 33.2 Å². The van der Waals surface area contributed by atoms with Crippen molar-refractivity contribution in [2.75, 3.05) is 7.11 Å². The van der Waals surface area contributed by atoms with Crippen LogP contribution in [0.15, 0.2) is 29.8 Å². The first-order chi connectivity index (χ1) is 10.8. The fourth-order valence-corrected chi connectivity index (χ4v) is 3.99. The van der Waals surface area contributed by atoms with Crippen LogP contribution in [-0.2, 0) is 4.79 Å². The van der Waals surface area contributed by atoms with Crippen molar-refractivity contribution in [3.63, 3.8) is 0 Å². The van der Waals surface area contributed by atoms with Crippen molar-refractivity contribution >= 4 is 51.3 Å². The van der Waals surface area contributed by atoms with Crippen LogP contribution in [0.2, 0.25) is 6.04 Å². The third-order valence-corrected chi connectivity index (χ3v) is 6.01. The van der Waals surface area contributed by atoms with Gasteiger partial charge in [0, 0.05) is 5.57 Å². The van der Waals surface area contributed by atoms with Crippen LogP contribution in [0.1, 0.15) is 37.7 Å². The highest BCUT2D eigenvalue weighted by molar-refractivity contribution is 7.64. The minimum absolute atomic E-state index is 0.408. The average molecular weight is 396 g/mol. The molecule has 0 aromatic heterocycles. The molecule has 1 N–H and O–H groups in total. The molecule has 0 amide bonds. The number of halogens is 3. The summed E-state index contributed by atoms with van der Waals surface area (Å²) in [5, 5.41) is 9.30. The van der Waals surface area contributed by atoms with E-state index in [0.29, 0.717) is 18.0 Å². The van der Waals surface area contributed by atoms with Gasteiger partial charge < -0.3 is 9.84 Å². The Balaban J connectivity index is 2.45. The largest absolute Gasteiger partial charge is 0.497 e. The van der Waals surface area contributed by atoms with Crippen molar-refractivity contribution in [3.8, 4) is 5.75 Å². The minimum atomic E-state index is -2.52. The summed E-state index contributed by atoms with van der Waals surface area (Å²) in [7, 11) is 1.60. The number of carboxylic acid groups (broad SMARTS) is 1. The summed E-state index contributed by atoms with van der Waals surface area (Å²) in [5.41, 5.74) is 1.26. The van der Waals surface area contributed by atoms with E-state index >= 15 is 0 Å². The molecule has 0 saturated carbocycles. The van der Waals surface area contributed by atoms with Gasteiger partial charge in [0.1, 0.15) is 5.75 Å². The predicted octanol–water partition coefficient (Wildman–Crippen LogP) is 5.77. The van der Waals surface area contributed by atoms with Gasteiger partial charge in [0.05, 0.1) is 7.11 Å². The number of carboxylic acids is 1. The number of aliphatic carboxylic acids is 1. The van der Waals surface area contributed by atoms with Crippen molar-refractivity contribution in [2.24, 2.45) is 0 Å². The topological polar surface area (TPSA) is 46.5 Å².